The van der Waals surface area contributed by atoms with Gasteiger partial charge in [-0.3, -0.25) is 9.36 Å². The van der Waals surface area contributed by atoms with Crippen LogP contribution >= 0.6 is 8.18 Å². The van der Waals surface area contributed by atoms with Gasteiger partial charge in [0, 0.05) is 0 Å². The first-order valence-corrected chi connectivity index (χ1v) is 14.6. The molecular formula is C26H40N6O8P+. The number of aliphatic hydroxyl groups is 2. The molecular weight excluding hydrogens is 555 g/mol. The predicted molar refractivity (Wildman–Crippen MR) is 151 cm³/mol. The summed E-state index contributed by atoms with van der Waals surface area (Å²) in [7, 11) is -2.54. The molecule has 5 N–H and O–H groups in total. The summed E-state index contributed by atoms with van der Waals surface area (Å²) in [6.07, 6.45) is 3.43. The van der Waals surface area contributed by atoms with E-state index in [0.29, 0.717) is 32.3 Å². The van der Waals surface area contributed by atoms with E-state index in [1.54, 1.807) is 12.2 Å². The maximum absolute atomic E-state index is 12.7. The number of hydrogen-bond donors (Lipinski definition) is 4. The maximum atomic E-state index is 12.7. The topological polar surface area (TPSA) is 193 Å². The molecule has 1 aliphatic rings. The monoisotopic (exact) mass is 595 g/mol. The standard InChI is InChI=1S/C26H40N6O8P/c1-6-8-10-12-38-23(34)17(13-16(3)4)31-41(36)39-14-18-20(33)26(5,35)24(40-18)32-15-28-19-21(32)29-25(27)30-22(19)37-11-9-7-2/h6-7,15-18,20,24,33,35H,1-2,8-14H2,3-5H3,(H,31,36)(H2,27,29,30)/q+1. The summed E-state index contributed by atoms with van der Waals surface area (Å²) in [4.78, 5) is 25.2. The molecule has 0 aromatic carbocycles. The van der Waals surface area contributed by atoms with E-state index in [0.717, 1.165) is 0 Å². The Morgan fingerprint density at radius 1 is 1.32 bits per heavy atom. The molecule has 0 amide bonds. The first-order chi connectivity index (χ1) is 19.5. The highest BCUT2D eigenvalue weighted by atomic mass is 31.1. The maximum Gasteiger partial charge on any atom is 0.613 e. The minimum atomic E-state index is -2.54. The average Bonchev–Trinajstić information content (AvgIpc) is 3.42. The smallest absolute Gasteiger partial charge is 0.476 e. The minimum Gasteiger partial charge on any atom is -0.476 e. The fourth-order valence-corrected chi connectivity index (χ4v) is 5.10. The number of aliphatic hydroxyl groups excluding tert-OH is 1. The quantitative estimate of drug-likeness (QED) is 0.0903. The molecule has 1 saturated heterocycles. The van der Waals surface area contributed by atoms with Gasteiger partial charge >= 0.3 is 14.1 Å². The summed E-state index contributed by atoms with van der Waals surface area (Å²) < 4.78 is 36.5. The lowest BCUT2D eigenvalue weighted by molar-refractivity contribution is -0.146. The second-order valence-corrected chi connectivity index (χ2v) is 11.3. The van der Waals surface area contributed by atoms with Crippen molar-refractivity contribution in [1.82, 2.24) is 24.6 Å². The van der Waals surface area contributed by atoms with Crippen LogP contribution in [0.2, 0.25) is 0 Å². The van der Waals surface area contributed by atoms with Gasteiger partial charge in [-0.15, -0.1) is 17.7 Å². The number of nitrogens with zero attached hydrogens (tertiary/aromatic N) is 4. The number of carbonyl (C=O) groups is 1. The van der Waals surface area contributed by atoms with E-state index in [1.165, 1.54) is 17.8 Å². The Balaban J connectivity index is 1.68. The molecule has 2 aromatic heterocycles. The van der Waals surface area contributed by atoms with Crippen molar-refractivity contribution in [2.45, 2.75) is 76.5 Å². The average molecular weight is 596 g/mol. The van der Waals surface area contributed by atoms with Gasteiger partial charge in [0.1, 0.15) is 24.4 Å². The molecule has 1 fully saturated rings. The number of nitrogen functional groups attached to an aromatic ring is 1. The number of ether oxygens (including phenoxy) is 3. The van der Waals surface area contributed by atoms with Crippen LogP contribution in [0.5, 0.6) is 5.88 Å². The van der Waals surface area contributed by atoms with Gasteiger partial charge in [0.2, 0.25) is 11.8 Å². The molecule has 41 heavy (non-hydrogen) atoms. The fraction of sp³-hybridized carbons (Fsp3) is 0.615. The van der Waals surface area contributed by atoms with Gasteiger partial charge in [-0.25, -0.2) is 4.98 Å². The molecule has 2 aromatic rings. The molecule has 6 unspecified atom stereocenters. The summed E-state index contributed by atoms with van der Waals surface area (Å²) >= 11 is 0. The van der Waals surface area contributed by atoms with E-state index < -0.39 is 44.2 Å². The third-order valence-corrected chi connectivity index (χ3v) is 7.29. The first-order valence-electron chi connectivity index (χ1n) is 13.4. The Morgan fingerprint density at radius 2 is 2.05 bits per heavy atom. The van der Waals surface area contributed by atoms with Gasteiger partial charge in [-0.05, 0) is 43.1 Å². The number of fused-ring (bicyclic) bond motifs is 1. The lowest BCUT2D eigenvalue weighted by atomic mass is 9.96. The van der Waals surface area contributed by atoms with Crippen molar-refractivity contribution in [2.75, 3.05) is 25.6 Å². The van der Waals surface area contributed by atoms with Crippen LogP contribution in [0.25, 0.3) is 11.2 Å². The molecule has 0 radical (unpaired) electrons. The van der Waals surface area contributed by atoms with Crippen molar-refractivity contribution < 1.29 is 38.3 Å². The number of nitrogens with two attached hydrogens (primary N) is 1. The van der Waals surface area contributed by atoms with Crippen LogP contribution in [0.15, 0.2) is 31.6 Å². The number of carbonyl (C=O) groups excluding carboxylic acids is 1. The zero-order valence-corrected chi connectivity index (χ0v) is 24.5. The molecule has 14 nitrogen and oxygen atoms in total. The largest absolute Gasteiger partial charge is 0.613 e. The SMILES string of the molecule is C=CCCCOC(=O)C(CC(C)C)N[P+](=O)OCC1OC(n2cnc3c(OCCC=C)nc(N)nc32)C(C)(O)C1O. The van der Waals surface area contributed by atoms with E-state index in [1.807, 2.05) is 13.8 Å². The molecule has 0 aliphatic carbocycles. The highest BCUT2D eigenvalue weighted by molar-refractivity contribution is 7.36. The third kappa shape index (κ3) is 8.28. The second kappa shape index (κ2) is 14.8. The Morgan fingerprint density at radius 3 is 2.73 bits per heavy atom. The Kier molecular flexibility index (Phi) is 11.7. The highest BCUT2D eigenvalue weighted by Crippen LogP contribution is 2.41. The van der Waals surface area contributed by atoms with E-state index in [2.05, 4.69) is 33.2 Å². The highest BCUT2D eigenvalue weighted by Gasteiger charge is 2.54. The predicted octanol–water partition coefficient (Wildman–Crippen LogP) is 2.56. The number of nitrogens with one attached hydrogen (secondary N) is 1. The lowest BCUT2D eigenvalue weighted by Crippen LogP contribution is -2.44. The van der Waals surface area contributed by atoms with Crippen LogP contribution in [0.3, 0.4) is 0 Å². The van der Waals surface area contributed by atoms with Gasteiger partial charge in [-0.1, -0.05) is 31.1 Å². The Labute approximate surface area is 239 Å². The number of rotatable bonds is 17. The van der Waals surface area contributed by atoms with E-state index in [9.17, 15) is 19.6 Å². The van der Waals surface area contributed by atoms with Crippen LogP contribution in [0.1, 0.15) is 52.7 Å². The van der Waals surface area contributed by atoms with Crippen molar-refractivity contribution in [3.63, 3.8) is 0 Å². The molecule has 0 bridgehead atoms. The van der Waals surface area contributed by atoms with Crippen molar-refractivity contribution >= 4 is 31.3 Å². The summed E-state index contributed by atoms with van der Waals surface area (Å²) in [5, 5.41) is 24.7. The number of anilines is 1. The third-order valence-electron chi connectivity index (χ3n) is 6.38. The van der Waals surface area contributed by atoms with Gasteiger partial charge in [0.05, 0.1) is 19.5 Å². The van der Waals surface area contributed by atoms with Gasteiger partial charge < -0.3 is 30.2 Å². The molecule has 0 spiro atoms. The number of esters is 1. The summed E-state index contributed by atoms with van der Waals surface area (Å²) in [6.45, 7) is 12.7. The zero-order valence-electron chi connectivity index (χ0n) is 23.6. The molecule has 1 aliphatic heterocycles. The molecule has 0 saturated carbocycles. The Hall–Kier alpha value is -3.00. The van der Waals surface area contributed by atoms with E-state index >= 15 is 0 Å². The van der Waals surface area contributed by atoms with E-state index in [4.69, 9.17) is 24.5 Å². The van der Waals surface area contributed by atoms with Crippen LogP contribution in [-0.2, 0) is 23.4 Å². The van der Waals surface area contributed by atoms with Crippen LogP contribution in [0.4, 0.5) is 5.95 Å². The van der Waals surface area contributed by atoms with Crippen molar-refractivity contribution in [1.29, 1.82) is 0 Å². The van der Waals surface area contributed by atoms with Crippen molar-refractivity contribution in [3.8, 4) is 5.88 Å². The molecule has 15 heteroatoms. The molecule has 3 heterocycles. The van der Waals surface area contributed by atoms with Gasteiger partial charge in [-0.2, -0.15) is 9.97 Å². The Bertz CT molecular complexity index is 1220. The number of unbranched alkanes of at least 4 members (excludes halogenated alkanes) is 1. The zero-order chi connectivity index (χ0) is 30.2. The fourth-order valence-electron chi connectivity index (χ4n) is 4.28. The summed E-state index contributed by atoms with van der Waals surface area (Å²) in [6, 6.07) is -0.849. The van der Waals surface area contributed by atoms with Gasteiger partial charge in [0.25, 0.3) is 0 Å². The minimum absolute atomic E-state index is 0.0795. The normalized spacial score (nSPS) is 23.5. The van der Waals surface area contributed by atoms with Crippen LogP contribution < -0.4 is 15.6 Å². The second-order valence-electron chi connectivity index (χ2n) is 10.3. The first kappa shape index (κ1) is 32.5. The van der Waals surface area contributed by atoms with Crippen molar-refractivity contribution in [2.24, 2.45) is 5.92 Å². The molecule has 3 rings (SSSR count). The van der Waals surface area contributed by atoms with Crippen LogP contribution in [-0.4, -0.2) is 79.4 Å². The molecule has 6 atom stereocenters. The van der Waals surface area contributed by atoms with Crippen LogP contribution in [0, 0.1) is 5.92 Å². The summed E-state index contributed by atoms with van der Waals surface area (Å²) in [5.74, 6) is -0.340. The number of hydrogen-bond acceptors (Lipinski definition) is 12. The van der Waals surface area contributed by atoms with Gasteiger partial charge in [0.15, 0.2) is 23.4 Å². The summed E-state index contributed by atoms with van der Waals surface area (Å²) in [5.41, 5.74) is 4.57. The van der Waals surface area contributed by atoms with E-state index in [-0.39, 0.29) is 42.1 Å². The van der Waals surface area contributed by atoms with Crippen molar-refractivity contribution in [3.05, 3.63) is 31.6 Å². The number of aromatic nitrogens is 4. The number of imidazole rings is 1. The number of allylic oxidation sites excluding steroid dienone is 1. The lowest BCUT2D eigenvalue weighted by Gasteiger charge is -2.27. The molecule has 226 valence electrons.